The maximum absolute atomic E-state index is 12.2. The fourth-order valence-electron chi connectivity index (χ4n) is 1.60. The van der Waals surface area contributed by atoms with Crippen molar-refractivity contribution < 1.29 is 9.53 Å². The summed E-state index contributed by atoms with van der Waals surface area (Å²) in [5.41, 5.74) is 1.48. The first-order valence-electron chi connectivity index (χ1n) is 5.66. The third-order valence-electron chi connectivity index (χ3n) is 2.45. The second-order valence-corrected chi connectivity index (χ2v) is 3.43. The van der Waals surface area contributed by atoms with Crippen LogP contribution >= 0.6 is 0 Å². The number of ether oxygens (including phenoxy) is 1. The predicted octanol–water partition coefficient (Wildman–Crippen LogP) is 3.62. The number of Topliss-reactive ketones (excluding diaryl/α,β-unsaturated/α-hetero) is 1. The number of para-hydroxylation sites is 1. The van der Waals surface area contributed by atoms with E-state index in [4.69, 9.17) is 4.74 Å². The van der Waals surface area contributed by atoms with Crippen molar-refractivity contribution in [1.29, 1.82) is 0 Å². The van der Waals surface area contributed by atoms with Crippen molar-refractivity contribution in [2.75, 3.05) is 6.61 Å². The maximum atomic E-state index is 12.2. The normalized spacial score (nSPS) is 11.3. The Labute approximate surface area is 96.9 Å². The van der Waals surface area contributed by atoms with Crippen LogP contribution in [0.25, 0.3) is 0 Å². The van der Waals surface area contributed by atoms with Gasteiger partial charge in [0.1, 0.15) is 5.75 Å². The van der Waals surface area contributed by atoms with Crippen molar-refractivity contribution in [3.05, 3.63) is 41.5 Å². The molecule has 0 atom stereocenters. The maximum Gasteiger partial charge on any atom is 0.192 e. The topological polar surface area (TPSA) is 26.3 Å². The monoisotopic (exact) mass is 218 g/mol. The fraction of sp³-hybridized carbons (Fsp3) is 0.357. The minimum Gasteiger partial charge on any atom is -0.493 e. The summed E-state index contributed by atoms with van der Waals surface area (Å²) in [5, 5.41) is 0. The Balaban J connectivity index is 3.07. The van der Waals surface area contributed by atoms with E-state index in [1.807, 2.05) is 51.1 Å². The van der Waals surface area contributed by atoms with Crippen LogP contribution in [0.5, 0.6) is 5.75 Å². The minimum atomic E-state index is 0.0639. The summed E-state index contributed by atoms with van der Waals surface area (Å²) in [7, 11) is 0. The van der Waals surface area contributed by atoms with Crippen molar-refractivity contribution in [3.8, 4) is 5.75 Å². The van der Waals surface area contributed by atoms with Gasteiger partial charge in [0, 0.05) is 0 Å². The zero-order valence-corrected chi connectivity index (χ0v) is 10.1. The molecule has 0 spiro atoms. The molecule has 0 fully saturated rings. The highest BCUT2D eigenvalue weighted by molar-refractivity contribution is 6.10. The molecule has 0 unspecified atom stereocenters. The van der Waals surface area contributed by atoms with Gasteiger partial charge in [0.05, 0.1) is 12.2 Å². The van der Waals surface area contributed by atoms with Crippen LogP contribution in [0.15, 0.2) is 35.9 Å². The first kappa shape index (κ1) is 12.5. The number of rotatable bonds is 5. The predicted molar refractivity (Wildman–Crippen MR) is 66.0 cm³/mol. The molecule has 0 radical (unpaired) electrons. The summed E-state index contributed by atoms with van der Waals surface area (Å²) in [6, 6.07) is 7.38. The van der Waals surface area contributed by atoms with Crippen LogP contribution in [0.2, 0.25) is 0 Å². The van der Waals surface area contributed by atoms with Crippen LogP contribution in [0.1, 0.15) is 37.6 Å². The standard InChI is InChI=1S/C14H18O2/c1-4-11(5-2)14(15)12-9-7-8-10-13(12)16-6-3/h4,7-10H,5-6H2,1-3H3/b11-4+. The van der Waals surface area contributed by atoms with Crippen molar-refractivity contribution in [3.63, 3.8) is 0 Å². The highest BCUT2D eigenvalue weighted by Gasteiger charge is 2.14. The number of hydrogen-bond acceptors (Lipinski definition) is 2. The van der Waals surface area contributed by atoms with Gasteiger partial charge in [-0.25, -0.2) is 0 Å². The third-order valence-corrected chi connectivity index (χ3v) is 2.45. The molecule has 1 aromatic carbocycles. The molecule has 0 amide bonds. The molecule has 1 aromatic rings. The molecular weight excluding hydrogens is 200 g/mol. The molecular formula is C14H18O2. The van der Waals surface area contributed by atoms with Gasteiger partial charge in [-0.15, -0.1) is 0 Å². The molecule has 86 valence electrons. The summed E-state index contributed by atoms with van der Waals surface area (Å²) in [6.07, 6.45) is 2.61. The summed E-state index contributed by atoms with van der Waals surface area (Å²) >= 11 is 0. The molecule has 0 saturated heterocycles. The zero-order valence-electron chi connectivity index (χ0n) is 10.1. The molecule has 0 aromatic heterocycles. The van der Waals surface area contributed by atoms with E-state index < -0.39 is 0 Å². The average molecular weight is 218 g/mol. The lowest BCUT2D eigenvalue weighted by atomic mass is 10.0. The smallest absolute Gasteiger partial charge is 0.192 e. The molecule has 2 heteroatoms. The Morgan fingerprint density at radius 1 is 1.31 bits per heavy atom. The Hall–Kier alpha value is -1.57. The molecule has 0 aliphatic heterocycles. The van der Waals surface area contributed by atoms with E-state index in [1.54, 1.807) is 0 Å². The van der Waals surface area contributed by atoms with Crippen LogP contribution in [0.3, 0.4) is 0 Å². The van der Waals surface area contributed by atoms with Gasteiger partial charge >= 0.3 is 0 Å². The van der Waals surface area contributed by atoms with E-state index in [0.717, 1.165) is 12.0 Å². The number of ketones is 1. The van der Waals surface area contributed by atoms with Gasteiger partial charge in [-0.3, -0.25) is 4.79 Å². The van der Waals surface area contributed by atoms with Crippen LogP contribution in [-0.4, -0.2) is 12.4 Å². The van der Waals surface area contributed by atoms with Crippen LogP contribution in [0, 0.1) is 0 Å². The van der Waals surface area contributed by atoms with Gasteiger partial charge in [0.2, 0.25) is 0 Å². The zero-order chi connectivity index (χ0) is 12.0. The van der Waals surface area contributed by atoms with Crippen LogP contribution < -0.4 is 4.74 Å². The number of allylic oxidation sites excluding steroid dienone is 2. The largest absolute Gasteiger partial charge is 0.493 e. The van der Waals surface area contributed by atoms with E-state index in [9.17, 15) is 4.79 Å². The molecule has 0 saturated carbocycles. The fourth-order valence-corrected chi connectivity index (χ4v) is 1.60. The average Bonchev–Trinajstić information content (AvgIpc) is 2.31. The Bertz CT molecular complexity index is 391. The first-order valence-corrected chi connectivity index (χ1v) is 5.66. The third kappa shape index (κ3) is 2.72. The van der Waals surface area contributed by atoms with E-state index in [-0.39, 0.29) is 5.78 Å². The van der Waals surface area contributed by atoms with E-state index in [0.29, 0.717) is 17.9 Å². The minimum absolute atomic E-state index is 0.0639. The van der Waals surface area contributed by atoms with Crippen molar-refractivity contribution in [2.45, 2.75) is 27.2 Å². The summed E-state index contributed by atoms with van der Waals surface area (Å²) < 4.78 is 5.45. The van der Waals surface area contributed by atoms with Gasteiger partial charge in [0.25, 0.3) is 0 Å². The number of benzene rings is 1. The number of carbonyl (C=O) groups is 1. The molecule has 0 heterocycles. The molecule has 0 N–H and O–H groups in total. The summed E-state index contributed by atoms with van der Waals surface area (Å²) in [6.45, 7) is 6.36. The highest BCUT2D eigenvalue weighted by atomic mass is 16.5. The second-order valence-electron chi connectivity index (χ2n) is 3.43. The highest BCUT2D eigenvalue weighted by Crippen LogP contribution is 2.22. The Morgan fingerprint density at radius 2 is 2.00 bits per heavy atom. The Kier molecular flexibility index (Phi) is 4.77. The molecule has 1 rings (SSSR count). The molecule has 0 aliphatic rings. The van der Waals surface area contributed by atoms with E-state index >= 15 is 0 Å². The summed E-state index contributed by atoms with van der Waals surface area (Å²) in [5.74, 6) is 0.733. The summed E-state index contributed by atoms with van der Waals surface area (Å²) in [4.78, 5) is 12.2. The number of carbonyl (C=O) groups excluding carboxylic acids is 1. The molecule has 2 nitrogen and oxygen atoms in total. The van der Waals surface area contributed by atoms with Crippen molar-refractivity contribution in [1.82, 2.24) is 0 Å². The quantitative estimate of drug-likeness (QED) is 0.557. The number of hydrogen-bond donors (Lipinski definition) is 0. The SMILES string of the molecule is C/C=C(\CC)C(=O)c1ccccc1OCC. The van der Waals surface area contributed by atoms with Gasteiger partial charge in [-0.05, 0) is 38.0 Å². The first-order chi connectivity index (χ1) is 7.74. The lowest BCUT2D eigenvalue weighted by Gasteiger charge is -2.09. The van der Waals surface area contributed by atoms with Gasteiger partial charge < -0.3 is 4.74 Å². The van der Waals surface area contributed by atoms with Gasteiger partial charge in [-0.2, -0.15) is 0 Å². The van der Waals surface area contributed by atoms with E-state index in [1.165, 1.54) is 0 Å². The van der Waals surface area contributed by atoms with Gasteiger partial charge in [0.15, 0.2) is 5.78 Å². The molecule has 16 heavy (non-hydrogen) atoms. The van der Waals surface area contributed by atoms with Gasteiger partial charge in [-0.1, -0.05) is 25.1 Å². The van der Waals surface area contributed by atoms with Crippen molar-refractivity contribution in [2.24, 2.45) is 0 Å². The lowest BCUT2D eigenvalue weighted by Crippen LogP contribution is -2.06. The second kappa shape index (κ2) is 6.11. The van der Waals surface area contributed by atoms with Crippen molar-refractivity contribution >= 4 is 5.78 Å². The van der Waals surface area contributed by atoms with Crippen LogP contribution in [0.4, 0.5) is 0 Å². The molecule has 0 aliphatic carbocycles. The lowest BCUT2D eigenvalue weighted by molar-refractivity contribution is 0.102. The van der Waals surface area contributed by atoms with Crippen LogP contribution in [-0.2, 0) is 0 Å². The Morgan fingerprint density at radius 3 is 2.56 bits per heavy atom. The van der Waals surface area contributed by atoms with E-state index in [2.05, 4.69) is 0 Å². The molecule has 0 bridgehead atoms.